The van der Waals surface area contributed by atoms with Gasteiger partial charge in [-0.25, -0.2) is 17.9 Å². The molecule has 116 valence electrons. The van der Waals surface area contributed by atoms with Gasteiger partial charge in [0.15, 0.2) is 6.10 Å². The molecule has 0 bridgehead atoms. The molecule has 1 fully saturated rings. The summed E-state index contributed by atoms with van der Waals surface area (Å²) in [5.74, 6) is -1.97. The highest BCUT2D eigenvalue weighted by Crippen LogP contribution is 2.19. The van der Waals surface area contributed by atoms with Crippen molar-refractivity contribution in [1.82, 2.24) is 4.72 Å². The standard InChI is InChI=1S/C11H19NO7S/c1-2-18-10(13)5-6-20(16,17)12-7-8-3-4-9(19-8)11(14)15/h8-9,12H,2-7H2,1H3,(H,14,15). The molecule has 0 aromatic heterocycles. The third-order valence-electron chi connectivity index (χ3n) is 2.79. The minimum Gasteiger partial charge on any atom is -0.479 e. The number of sulfonamides is 1. The van der Waals surface area contributed by atoms with Gasteiger partial charge < -0.3 is 14.6 Å². The fourth-order valence-electron chi connectivity index (χ4n) is 1.78. The van der Waals surface area contributed by atoms with Crippen molar-refractivity contribution in [3.63, 3.8) is 0 Å². The van der Waals surface area contributed by atoms with Crippen molar-refractivity contribution in [2.45, 2.75) is 38.4 Å². The van der Waals surface area contributed by atoms with Crippen LogP contribution in [0.3, 0.4) is 0 Å². The van der Waals surface area contributed by atoms with Crippen molar-refractivity contribution in [1.29, 1.82) is 0 Å². The molecule has 8 nitrogen and oxygen atoms in total. The molecule has 2 unspecified atom stereocenters. The van der Waals surface area contributed by atoms with E-state index in [9.17, 15) is 18.0 Å². The Kier molecular flexibility index (Phi) is 6.37. The lowest BCUT2D eigenvalue weighted by Gasteiger charge is -2.12. The fraction of sp³-hybridized carbons (Fsp3) is 0.818. The van der Waals surface area contributed by atoms with Crippen LogP contribution in [0.4, 0.5) is 0 Å². The molecule has 1 aliphatic heterocycles. The van der Waals surface area contributed by atoms with E-state index in [1.165, 1.54) is 0 Å². The number of carboxylic acid groups (broad SMARTS) is 1. The average Bonchev–Trinajstić information content (AvgIpc) is 2.84. The Balaban J connectivity index is 2.30. The van der Waals surface area contributed by atoms with Crippen molar-refractivity contribution in [3.05, 3.63) is 0 Å². The molecule has 1 saturated heterocycles. The molecule has 0 aliphatic carbocycles. The third-order valence-corrected chi connectivity index (χ3v) is 4.14. The second-order valence-corrected chi connectivity index (χ2v) is 6.31. The Hall–Kier alpha value is -1.19. The van der Waals surface area contributed by atoms with E-state index < -0.39 is 34.2 Å². The number of carbonyl (C=O) groups excluding carboxylic acids is 1. The van der Waals surface area contributed by atoms with Gasteiger partial charge in [-0.3, -0.25) is 4.79 Å². The lowest BCUT2D eigenvalue weighted by Crippen LogP contribution is -2.35. The lowest BCUT2D eigenvalue weighted by atomic mass is 10.2. The Bertz CT molecular complexity index is 448. The second kappa shape index (κ2) is 7.55. The zero-order valence-corrected chi connectivity index (χ0v) is 12.0. The van der Waals surface area contributed by atoms with Gasteiger partial charge in [0.1, 0.15) is 0 Å². The number of nitrogens with one attached hydrogen (secondary N) is 1. The van der Waals surface area contributed by atoms with Gasteiger partial charge in [-0.15, -0.1) is 0 Å². The first-order chi connectivity index (χ1) is 9.34. The highest BCUT2D eigenvalue weighted by Gasteiger charge is 2.31. The normalized spacial score (nSPS) is 22.6. The van der Waals surface area contributed by atoms with Gasteiger partial charge >= 0.3 is 11.9 Å². The van der Waals surface area contributed by atoms with Crippen LogP contribution in [-0.4, -0.2) is 56.6 Å². The molecule has 0 saturated carbocycles. The highest BCUT2D eigenvalue weighted by molar-refractivity contribution is 7.89. The maximum atomic E-state index is 11.6. The largest absolute Gasteiger partial charge is 0.479 e. The summed E-state index contributed by atoms with van der Waals surface area (Å²) in [7, 11) is -3.60. The van der Waals surface area contributed by atoms with Crippen molar-refractivity contribution < 1.29 is 32.6 Å². The van der Waals surface area contributed by atoms with E-state index in [-0.39, 0.29) is 25.3 Å². The first-order valence-electron chi connectivity index (χ1n) is 6.35. The summed E-state index contributed by atoms with van der Waals surface area (Å²) < 4.78 is 35.3. The highest BCUT2D eigenvalue weighted by atomic mass is 32.2. The lowest BCUT2D eigenvalue weighted by molar-refractivity contribution is -0.149. The Labute approximate surface area is 117 Å². The van der Waals surface area contributed by atoms with Crippen LogP contribution in [0.15, 0.2) is 0 Å². The van der Waals surface area contributed by atoms with Crippen molar-refractivity contribution >= 4 is 22.0 Å². The van der Waals surface area contributed by atoms with Gasteiger partial charge in [-0.2, -0.15) is 0 Å². The summed E-state index contributed by atoms with van der Waals surface area (Å²) in [6.45, 7) is 1.86. The smallest absolute Gasteiger partial charge is 0.332 e. The van der Waals surface area contributed by atoms with Crippen molar-refractivity contribution in [2.75, 3.05) is 18.9 Å². The molecule has 0 aromatic rings. The number of rotatable bonds is 8. The number of hydrogen-bond donors (Lipinski definition) is 2. The zero-order chi connectivity index (χ0) is 15.2. The third kappa shape index (κ3) is 5.85. The first-order valence-corrected chi connectivity index (χ1v) is 8.00. The molecule has 1 heterocycles. The van der Waals surface area contributed by atoms with Crippen LogP contribution in [-0.2, 0) is 29.1 Å². The summed E-state index contributed by atoms with van der Waals surface area (Å²) in [5, 5.41) is 8.74. The van der Waals surface area contributed by atoms with Gasteiger partial charge in [0.05, 0.1) is 24.9 Å². The maximum Gasteiger partial charge on any atom is 0.332 e. The summed E-state index contributed by atoms with van der Waals surface area (Å²) in [4.78, 5) is 21.7. The van der Waals surface area contributed by atoms with Crippen LogP contribution >= 0.6 is 0 Å². The van der Waals surface area contributed by atoms with Crippen LogP contribution < -0.4 is 4.72 Å². The Morgan fingerprint density at radius 3 is 2.65 bits per heavy atom. The quantitative estimate of drug-likeness (QED) is 0.580. The summed E-state index contributed by atoms with van der Waals surface area (Å²) in [5.41, 5.74) is 0. The molecule has 0 amide bonds. The molecule has 9 heteroatoms. The number of hydrogen-bond acceptors (Lipinski definition) is 6. The number of aliphatic carboxylic acids is 1. The SMILES string of the molecule is CCOC(=O)CCS(=O)(=O)NCC1CCC(C(=O)O)O1. The summed E-state index contributed by atoms with van der Waals surface area (Å²) in [6.07, 6.45) is -0.688. The fourth-order valence-corrected chi connectivity index (χ4v) is 2.80. The number of carbonyl (C=O) groups is 2. The van der Waals surface area contributed by atoms with E-state index in [4.69, 9.17) is 9.84 Å². The van der Waals surface area contributed by atoms with Crippen molar-refractivity contribution in [2.24, 2.45) is 0 Å². The predicted octanol–water partition coefficient (Wildman–Crippen LogP) is -0.509. The molecule has 2 N–H and O–H groups in total. The number of ether oxygens (including phenoxy) is 2. The van der Waals surface area contributed by atoms with E-state index in [0.29, 0.717) is 12.8 Å². The van der Waals surface area contributed by atoms with E-state index >= 15 is 0 Å². The molecule has 20 heavy (non-hydrogen) atoms. The van der Waals surface area contributed by atoms with Gasteiger partial charge in [0.25, 0.3) is 0 Å². The molecule has 0 radical (unpaired) electrons. The topological polar surface area (TPSA) is 119 Å². The summed E-state index contributed by atoms with van der Waals surface area (Å²) >= 11 is 0. The zero-order valence-electron chi connectivity index (χ0n) is 11.2. The van der Waals surface area contributed by atoms with Crippen LogP contribution in [0, 0.1) is 0 Å². The van der Waals surface area contributed by atoms with Crippen molar-refractivity contribution in [3.8, 4) is 0 Å². The minimum atomic E-state index is -3.60. The number of esters is 1. The van der Waals surface area contributed by atoms with Crippen LogP contribution in [0.1, 0.15) is 26.2 Å². The van der Waals surface area contributed by atoms with E-state index in [2.05, 4.69) is 9.46 Å². The minimum absolute atomic E-state index is 0.00887. The molecular formula is C11H19NO7S. The van der Waals surface area contributed by atoms with Gasteiger partial charge in [0.2, 0.25) is 10.0 Å². The van der Waals surface area contributed by atoms with Crippen LogP contribution in [0.2, 0.25) is 0 Å². The number of carboxylic acids is 1. The summed E-state index contributed by atoms with van der Waals surface area (Å²) in [6, 6.07) is 0. The van der Waals surface area contributed by atoms with E-state index in [1.807, 2.05) is 0 Å². The van der Waals surface area contributed by atoms with Crippen LogP contribution in [0.25, 0.3) is 0 Å². The van der Waals surface area contributed by atoms with Gasteiger partial charge in [-0.05, 0) is 19.8 Å². The molecule has 0 spiro atoms. The molecule has 0 aromatic carbocycles. The molecular weight excluding hydrogens is 290 g/mol. The predicted molar refractivity (Wildman–Crippen MR) is 68.6 cm³/mol. The Morgan fingerprint density at radius 1 is 1.40 bits per heavy atom. The molecule has 1 aliphatic rings. The van der Waals surface area contributed by atoms with E-state index in [1.54, 1.807) is 6.92 Å². The maximum absolute atomic E-state index is 11.6. The monoisotopic (exact) mass is 309 g/mol. The van der Waals surface area contributed by atoms with Gasteiger partial charge in [-0.1, -0.05) is 0 Å². The Morgan fingerprint density at radius 2 is 2.10 bits per heavy atom. The van der Waals surface area contributed by atoms with Crippen LogP contribution in [0.5, 0.6) is 0 Å². The van der Waals surface area contributed by atoms with Gasteiger partial charge in [0, 0.05) is 6.54 Å². The first kappa shape index (κ1) is 16.9. The second-order valence-electron chi connectivity index (χ2n) is 4.38. The molecule has 2 atom stereocenters. The average molecular weight is 309 g/mol. The molecule has 1 rings (SSSR count). The van der Waals surface area contributed by atoms with E-state index in [0.717, 1.165) is 0 Å².